The van der Waals surface area contributed by atoms with E-state index in [0.717, 1.165) is 24.2 Å². The highest BCUT2D eigenvalue weighted by molar-refractivity contribution is 5.92. The normalized spacial score (nSPS) is 23.0. The molecule has 1 amide bonds. The molecular formula is C19H22N2O3. The van der Waals surface area contributed by atoms with Crippen LogP contribution in [0.4, 0.5) is 0 Å². The van der Waals surface area contributed by atoms with E-state index in [-0.39, 0.29) is 17.9 Å². The van der Waals surface area contributed by atoms with Gasteiger partial charge in [0.15, 0.2) is 0 Å². The number of hydrogen-bond donors (Lipinski definition) is 2. The van der Waals surface area contributed by atoms with Gasteiger partial charge in [0.2, 0.25) is 0 Å². The van der Waals surface area contributed by atoms with Crippen molar-refractivity contribution < 1.29 is 14.6 Å². The number of rotatable bonds is 5. The molecule has 3 atom stereocenters. The van der Waals surface area contributed by atoms with Crippen LogP contribution in [0.3, 0.4) is 0 Å². The quantitative estimate of drug-likeness (QED) is 0.885. The van der Waals surface area contributed by atoms with Gasteiger partial charge in [-0.15, -0.1) is 0 Å². The van der Waals surface area contributed by atoms with Crippen molar-refractivity contribution in [2.24, 2.45) is 5.92 Å². The highest BCUT2D eigenvalue weighted by Gasteiger charge is 2.36. The Bertz CT molecular complexity index is 673. The molecule has 2 N–H and O–H groups in total. The smallest absolute Gasteiger partial charge is 0.269 e. The first kappa shape index (κ1) is 16.5. The zero-order valence-electron chi connectivity index (χ0n) is 13.7. The summed E-state index contributed by atoms with van der Waals surface area (Å²) in [6.45, 7) is 2.35. The summed E-state index contributed by atoms with van der Waals surface area (Å²) in [6, 6.07) is 13.1. The molecule has 3 rings (SSSR count). The maximum Gasteiger partial charge on any atom is 0.269 e. The van der Waals surface area contributed by atoms with Gasteiger partial charge >= 0.3 is 0 Å². The van der Waals surface area contributed by atoms with E-state index in [9.17, 15) is 9.90 Å². The van der Waals surface area contributed by atoms with Crippen LogP contribution in [0.1, 0.15) is 28.9 Å². The first-order valence-electron chi connectivity index (χ1n) is 8.24. The first-order chi connectivity index (χ1) is 11.6. The van der Waals surface area contributed by atoms with Crippen molar-refractivity contribution in [3.05, 3.63) is 59.9 Å². The third-order valence-electron chi connectivity index (χ3n) is 4.39. The lowest BCUT2D eigenvalue weighted by atomic mass is 10.1. The molecule has 0 spiro atoms. The van der Waals surface area contributed by atoms with E-state index in [0.29, 0.717) is 12.2 Å². The molecule has 1 aliphatic carbocycles. The summed E-state index contributed by atoms with van der Waals surface area (Å²) < 4.78 is 5.85. The molecule has 0 bridgehead atoms. The predicted molar refractivity (Wildman–Crippen MR) is 90.9 cm³/mol. The third-order valence-corrected chi connectivity index (χ3v) is 4.39. The largest absolute Gasteiger partial charge is 0.488 e. The molecule has 24 heavy (non-hydrogen) atoms. The van der Waals surface area contributed by atoms with Crippen LogP contribution < -0.4 is 10.1 Å². The van der Waals surface area contributed by atoms with Gasteiger partial charge in [-0.1, -0.05) is 24.3 Å². The van der Waals surface area contributed by atoms with Crippen LogP contribution in [0.5, 0.6) is 5.75 Å². The molecule has 1 aromatic carbocycles. The molecule has 1 aromatic heterocycles. The van der Waals surface area contributed by atoms with Crippen LogP contribution in [0.2, 0.25) is 0 Å². The number of benzene rings is 1. The molecular weight excluding hydrogens is 304 g/mol. The van der Waals surface area contributed by atoms with Gasteiger partial charge in [0, 0.05) is 18.7 Å². The second-order valence-electron chi connectivity index (χ2n) is 6.23. The number of aromatic nitrogens is 1. The van der Waals surface area contributed by atoms with Gasteiger partial charge in [-0.3, -0.25) is 9.78 Å². The Morgan fingerprint density at radius 1 is 1.25 bits per heavy atom. The highest BCUT2D eigenvalue weighted by Crippen LogP contribution is 2.29. The van der Waals surface area contributed by atoms with E-state index in [2.05, 4.69) is 10.3 Å². The van der Waals surface area contributed by atoms with Crippen molar-refractivity contribution in [3.63, 3.8) is 0 Å². The maximum absolute atomic E-state index is 12.1. The van der Waals surface area contributed by atoms with E-state index in [1.54, 1.807) is 12.3 Å². The molecule has 5 heteroatoms. The average molecular weight is 326 g/mol. The molecule has 1 fully saturated rings. The summed E-state index contributed by atoms with van der Waals surface area (Å²) in [5.74, 6) is 0.540. The van der Waals surface area contributed by atoms with Crippen molar-refractivity contribution in [3.8, 4) is 5.75 Å². The van der Waals surface area contributed by atoms with E-state index in [1.807, 2.05) is 43.3 Å². The van der Waals surface area contributed by atoms with Crippen LogP contribution in [0, 0.1) is 12.8 Å². The fourth-order valence-corrected chi connectivity index (χ4v) is 2.97. The monoisotopic (exact) mass is 326 g/mol. The molecule has 0 aliphatic heterocycles. The Morgan fingerprint density at radius 2 is 2.04 bits per heavy atom. The Labute approximate surface area is 141 Å². The number of ether oxygens (including phenoxy) is 1. The lowest BCUT2D eigenvalue weighted by Crippen LogP contribution is -2.37. The summed E-state index contributed by atoms with van der Waals surface area (Å²) >= 11 is 0. The molecule has 2 aromatic rings. The summed E-state index contributed by atoms with van der Waals surface area (Å²) in [5, 5.41) is 13.3. The Kier molecular flexibility index (Phi) is 5.11. The van der Waals surface area contributed by atoms with Gasteiger partial charge in [-0.05, 0) is 43.5 Å². The van der Waals surface area contributed by atoms with Crippen molar-refractivity contribution >= 4 is 5.91 Å². The molecule has 0 radical (unpaired) electrons. The van der Waals surface area contributed by atoms with Gasteiger partial charge in [0.05, 0.1) is 6.10 Å². The topological polar surface area (TPSA) is 71.5 Å². The molecule has 1 heterocycles. The zero-order chi connectivity index (χ0) is 16.9. The van der Waals surface area contributed by atoms with Crippen LogP contribution in [0.15, 0.2) is 48.7 Å². The number of carbonyl (C=O) groups excluding carboxylic acids is 1. The van der Waals surface area contributed by atoms with Crippen molar-refractivity contribution in [2.45, 2.75) is 32.0 Å². The number of hydrogen-bond acceptors (Lipinski definition) is 4. The number of aliphatic hydroxyl groups excluding tert-OH is 1. The number of nitrogens with zero attached hydrogens (tertiary/aromatic N) is 1. The van der Waals surface area contributed by atoms with Crippen LogP contribution in [-0.2, 0) is 0 Å². The predicted octanol–water partition coefficient (Wildman–Crippen LogP) is 2.34. The highest BCUT2D eigenvalue weighted by atomic mass is 16.5. The van der Waals surface area contributed by atoms with Gasteiger partial charge in [-0.2, -0.15) is 0 Å². The van der Waals surface area contributed by atoms with Crippen molar-refractivity contribution in [1.29, 1.82) is 0 Å². The van der Waals surface area contributed by atoms with E-state index < -0.39 is 6.10 Å². The number of nitrogens with one attached hydrogen (secondary N) is 1. The van der Waals surface area contributed by atoms with Gasteiger partial charge in [0.1, 0.15) is 17.5 Å². The van der Waals surface area contributed by atoms with E-state index >= 15 is 0 Å². The molecule has 1 saturated carbocycles. The molecule has 126 valence electrons. The maximum atomic E-state index is 12.1. The van der Waals surface area contributed by atoms with Gasteiger partial charge in [-0.25, -0.2) is 0 Å². The fraction of sp³-hybridized carbons (Fsp3) is 0.368. The minimum atomic E-state index is -0.587. The zero-order valence-corrected chi connectivity index (χ0v) is 13.7. The van der Waals surface area contributed by atoms with Crippen LogP contribution >= 0.6 is 0 Å². The Morgan fingerprint density at radius 3 is 2.75 bits per heavy atom. The number of carbonyl (C=O) groups is 1. The lowest BCUT2D eigenvalue weighted by Gasteiger charge is -2.21. The number of para-hydroxylation sites is 1. The van der Waals surface area contributed by atoms with Crippen LogP contribution in [-0.4, -0.2) is 34.8 Å². The fourth-order valence-electron chi connectivity index (χ4n) is 2.97. The second-order valence-corrected chi connectivity index (χ2v) is 6.23. The number of aryl methyl sites for hydroxylation is 1. The Balaban J connectivity index is 1.51. The number of aliphatic hydroxyl groups is 1. The van der Waals surface area contributed by atoms with E-state index in [1.165, 1.54) is 0 Å². The first-order valence-corrected chi connectivity index (χ1v) is 8.24. The number of pyridine rings is 1. The van der Waals surface area contributed by atoms with Gasteiger partial charge < -0.3 is 15.2 Å². The number of amides is 1. The average Bonchev–Trinajstić information content (AvgIpc) is 2.94. The molecule has 1 aliphatic rings. The Hall–Kier alpha value is -2.40. The molecule has 5 nitrogen and oxygen atoms in total. The second kappa shape index (κ2) is 7.45. The molecule has 0 saturated heterocycles. The van der Waals surface area contributed by atoms with Crippen molar-refractivity contribution in [1.82, 2.24) is 10.3 Å². The minimum absolute atomic E-state index is 0.00638. The minimum Gasteiger partial charge on any atom is -0.488 e. The summed E-state index contributed by atoms with van der Waals surface area (Å²) in [5.41, 5.74) is 1.41. The third kappa shape index (κ3) is 3.92. The van der Waals surface area contributed by atoms with Crippen LogP contribution in [0.25, 0.3) is 0 Å². The lowest BCUT2D eigenvalue weighted by molar-refractivity contribution is 0.0348. The van der Waals surface area contributed by atoms with Gasteiger partial charge in [0.25, 0.3) is 5.91 Å². The SMILES string of the molecule is Cc1ccc(C(=O)NC[C@H]2CC[C@@H](Oc3ccccc3)[C@@H]2O)nc1. The van der Waals surface area contributed by atoms with E-state index in [4.69, 9.17) is 4.74 Å². The van der Waals surface area contributed by atoms with Crippen molar-refractivity contribution in [2.75, 3.05) is 6.54 Å². The molecule has 0 unspecified atom stereocenters. The summed E-state index contributed by atoms with van der Waals surface area (Å²) in [6.07, 6.45) is 2.45. The summed E-state index contributed by atoms with van der Waals surface area (Å²) in [4.78, 5) is 16.2. The summed E-state index contributed by atoms with van der Waals surface area (Å²) in [7, 11) is 0. The standard InChI is InChI=1S/C19H22N2O3/c1-13-7-9-16(20-11-13)19(23)21-12-14-8-10-17(18(14)22)24-15-5-3-2-4-6-15/h2-7,9,11,14,17-18,22H,8,10,12H2,1H3,(H,21,23)/t14-,17-,18-/m1/s1.